The van der Waals surface area contributed by atoms with Gasteiger partial charge in [0.1, 0.15) is 5.82 Å². The summed E-state index contributed by atoms with van der Waals surface area (Å²) in [6.07, 6.45) is 1.26. The van der Waals surface area contributed by atoms with E-state index in [2.05, 4.69) is 30.6 Å². The number of benzene rings is 1. The Hall–Kier alpha value is -1.54. The highest BCUT2D eigenvalue weighted by Crippen LogP contribution is 2.25. The van der Waals surface area contributed by atoms with Gasteiger partial charge in [0.15, 0.2) is 5.03 Å². The molecule has 6 nitrogen and oxygen atoms in total. The number of aryl methyl sites for hydroxylation is 1. The number of sulfonamides is 1. The Labute approximate surface area is 113 Å². The average Bonchev–Trinajstić information content (AvgIpc) is 2.70. The van der Waals surface area contributed by atoms with Gasteiger partial charge in [-0.2, -0.15) is 8.42 Å². The summed E-state index contributed by atoms with van der Waals surface area (Å²) in [5, 5.41) is 0.00215. The van der Waals surface area contributed by atoms with E-state index < -0.39 is 10.0 Å². The minimum Gasteiger partial charge on any atom is -0.397 e. The van der Waals surface area contributed by atoms with Gasteiger partial charge in [0, 0.05) is 4.47 Å². The Bertz CT molecular complexity index is 681. The Kier molecular flexibility index (Phi) is 3.31. The minimum atomic E-state index is -3.69. The summed E-state index contributed by atoms with van der Waals surface area (Å²) in [4.78, 5) is 6.50. The molecule has 2 aromatic rings. The lowest BCUT2D eigenvalue weighted by Gasteiger charge is -2.09. The Morgan fingerprint density at radius 3 is 2.72 bits per heavy atom. The highest BCUT2D eigenvalue weighted by Gasteiger charge is 2.17. The number of nitrogens with one attached hydrogen (secondary N) is 2. The molecule has 96 valence electrons. The number of nitrogens with zero attached hydrogens (tertiary/aromatic N) is 1. The fraction of sp³-hybridized carbons (Fsp3) is 0.100. The van der Waals surface area contributed by atoms with E-state index in [9.17, 15) is 8.42 Å². The van der Waals surface area contributed by atoms with Crippen molar-refractivity contribution in [3.63, 3.8) is 0 Å². The summed E-state index contributed by atoms with van der Waals surface area (Å²) < 4.78 is 27.2. The second-order valence-electron chi connectivity index (χ2n) is 3.67. The molecular formula is C10H11BrN4O2S. The molecule has 0 amide bonds. The predicted octanol–water partition coefficient (Wildman–Crippen LogP) is 1.86. The van der Waals surface area contributed by atoms with Crippen LogP contribution < -0.4 is 10.5 Å². The van der Waals surface area contributed by atoms with Crippen LogP contribution in [0.15, 0.2) is 33.9 Å². The van der Waals surface area contributed by atoms with Crippen molar-refractivity contribution in [1.82, 2.24) is 9.97 Å². The third-order valence-corrected chi connectivity index (χ3v) is 4.00. The Balaban J connectivity index is 2.33. The Morgan fingerprint density at radius 1 is 1.44 bits per heavy atom. The van der Waals surface area contributed by atoms with E-state index in [1.807, 2.05) is 0 Å². The molecule has 2 rings (SSSR count). The van der Waals surface area contributed by atoms with Crippen LogP contribution in [0.5, 0.6) is 0 Å². The molecule has 0 bridgehead atoms. The molecule has 0 radical (unpaired) electrons. The zero-order valence-electron chi connectivity index (χ0n) is 9.44. The first-order chi connectivity index (χ1) is 8.38. The maximum absolute atomic E-state index is 12.0. The molecule has 4 N–H and O–H groups in total. The van der Waals surface area contributed by atoms with E-state index in [0.29, 0.717) is 17.2 Å². The third-order valence-electron chi connectivity index (χ3n) is 2.23. The van der Waals surface area contributed by atoms with E-state index in [1.165, 1.54) is 6.20 Å². The second-order valence-corrected chi connectivity index (χ2v) is 6.24. The van der Waals surface area contributed by atoms with Crippen LogP contribution in [0.1, 0.15) is 5.82 Å². The summed E-state index contributed by atoms with van der Waals surface area (Å²) in [5.41, 5.74) is 6.39. The van der Waals surface area contributed by atoms with Crippen LogP contribution in [0.3, 0.4) is 0 Å². The molecule has 1 aromatic heterocycles. The van der Waals surface area contributed by atoms with Crippen molar-refractivity contribution in [3.8, 4) is 0 Å². The second kappa shape index (κ2) is 4.62. The fourth-order valence-electron chi connectivity index (χ4n) is 1.36. The predicted molar refractivity (Wildman–Crippen MR) is 72.7 cm³/mol. The van der Waals surface area contributed by atoms with Gasteiger partial charge in [0.2, 0.25) is 0 Å². The monoisotopic (exact) mass is 330 g/mol. The number of aromatic amines is 1. The van der Waals surface area contributed by atoms with Crippen LogP contribution in [0.2, 0.25) is 0 Å². The molecule has 8 heteroatoms. The van der Waals surface area contributed by atoms with Crippen LogP contribution in [0.4, 0.5) is 11.4 Å². The first kappa shape index (κ1) is 12.9. The van der Waals surface area contributed by atoms with E-state index in [1.54, 1.807) is 25.1 Å². The zero-order chi connectivity index (χ0) is 13.3. The van der Waals surface area contributed by atoms with Crippen molar-refractivity contribution < 1.29 is 8.42 Å². The quantitative estimate of drug-likeness (QED) is 0.747. The van der Waals surface area contributed by atoms with Gasteiger partial charge in [-0.1, -0.05) is 15.9 Å². The first-order valence-electron chi connectivity index (χ1n) is 4.98. The lowest BCUT2D eigenvalue weighted by Crippen LogP contribution is -2.14. The first-order valence-corrected chi connectivity index (χ1v) is 7.25. The van der Waals surface area contributed by atoms with Crippen LogP contribution in [0, 0.1) is 6.92 Å². The molecule has 0 atom stereocenters. The summed E-state index contributed by atoms with van der Waals surface area (Å²) >= 11 is 3.25. The summed E-state index contributed by atoms with van der Waals surface area (Å²) in [7, 11) is -3.69. The number of nitrogens with two attached hydrogens (primary N) is 1. The molecule has 0 saturated carbocycles. The smallest absolute Gasteiger partial charge is 0.279 e. The molecule has 0 spiro atoms. The SMILES string of the molecule is Cc1ncc(S(=O)(=O)Nc2ccc(Br)cc2N)[nH]1. The molecule has 0 fully saturated rings. The van der Waals surface area contributed by atoms with Gasteiger partial charge in [-0.3, -0.25) is 4.72 Å². The molecule has 0 unspecified atom stereocenters. The molecule has 18 heavy (non-hydrogen) atoms. The summed E-state index contributed by atoms with van der Waals surface area (Å²) in [6, 6.07) is 4.91. The van der Waals surface area contributed by atoms with E-state index in [4.69, 9.17) is 5.73 Å². The molecule has 1 heterocycles. The standard InChI is InChI=1S/C10H11BrN4O2S/c1-6-13-5-10(14-6)18(16,17)15-9-3-2-7(11)4-8(9)12/h2-5,15H,12H2,1H3,(H,13,14). The van der Waals surface area contributed by atoms with Crippen LogP contribution >= 0.6 is 15.9 Å². The van der Waals surface area contributed by atoms with Crippen LogP contribution in [0.25, 0.3) is 0 Å². The van der Waals surface area contributed by atoms with Crippen molar-refractivity contribution in [2.45, 2.75) is 11.9 Å². The number of imidazole rings is 1. The van der Waals surface area contributed by atoms with Gasteiger partial charge in [-0.15, -0.1) is 0 Å². The normalized spacial score (nSPS) is 11.4. The van der Waals surface area contributed by atoms with Crippen molar-refractivity contribution >= 4 is 37.3 Å². The minimum absolute atomic E-state index is 0.00215. The number of rotatable bonds is 3. The molecule has 0 saturated heterocycles. The van der Waals surface area contributed by atoms with Crippen molar-refractivity contribution in [2.24, 2.45) is 0 Å². The number of aromatic nitrogens is 2. The zero-order valence-corrected chi connectivity index (χ0v) is 11.8. The average molecular weight is 331 g/mol. The molecule has 0 aliphatic rings. The lowest BCUT2D eigenvalue weighted by molar-refractivity contribution is 0.598. The lowest BCUT2D eigenvalue weighted by atomic mass is 10.3. The van der Waals surface area contributed by atoms with Gasteiger partial charge in [-0.25, -0.2) is 4.98 Å². The number of halogens is 1. The molecular weight excluding hydrogens is 320 g/mol. The number of hydrogen-bond acceptors (Lipinski definition) is 4. The fourth-order valence-corrected chi connectivity index (χ4v) is 2.80. The third kappa shape index (κ3) is 2.65. The highest BCUT2D eigenvalue weighted by molar-refractivity contribution is 9.10. The number of nitrogen functional groups attached to an aromatic ring is 1. The molecule has 1 aromatic carbocycles. The maximum Gasteiger partial charge on any atom is 0.279 e. The number of anilines is 2. The number of hydrogen-bond donors (Lipinski definition) is 3. The van der Waals surface area contributed by atoms with Crippen molar-refractivity contribution in [1.29, 1.82) is 0 Å². The van der Waals surface area contributed by atoms with E-state index >= 15 is 0 Å². The van der Waals surface area contributed by atoms with Gasteiger partial charge < -0.3 is 10.7 Å². The van der Waals surface area contributed by atoms with Crippen LogP contribution in [-0.4, -0.2) is 18.4 Å². The van der Waals surface area contributed by atoms with Crippen LogP contribution in [-0.2, 0) is 10.0 Å². The van der Waals surface area contributed by atoms with Gasteiger partial charge >= 0.3 is 0 Å². The maximum atomic E-state index is 12.0. The summed E-state index contributed by atoms with van der Waals surface area (Å²) in [5.74, 6) is 0.527. The van der Waals surface area contributed by atoms with E-state index in [-0.39, 0.29) is 5.03 Å². The largest absolute Gasteiger partial charge is 0.397 e. The highest BCUT2D eigenvalue weighted by atomic mass is 79.9. The van der Waals surface area contributed by atoms with E-state index in [0.717, 1.165) is 4.47 Å². The van der Waals surface area contributed by atoms with Gasteiger partial charge in [0.25, 0.3) is 10.0 Å². The topological polar surface area (TPSA) is 101 Å². The van der Waals surface area contributed by atoms with Crippen molar-refractivity contribution in [2.75, 3.05) is 10.5 Å². The molecule has 0 aliphatic carbocycles. The number of H-pyrrole nitrogens is 1. The van der Waals surface area contributed by atoms with Gasteiger partial charge in [0.05, 0.1) is 17.6 Å². The summed E-state index contributed by atoms with van der Waals surface area (Å²) in [6.45, 7) is 1.67. The van der Waals surface area contributed by atoms with Gasteiger partial charge in [-0.05, 0) is 25.1 Å². The molecule has 0 aliphatic heterocycles. The Morgan fingerprint density at radius 2 is 2.17 bits per heavy atom. The van der Waals surface area contributed by atoms with Crippen molar-refractivity contribution in [3.05, 3.63) is 34.7 Å².